The summed E-state index contributed by atoms with van der Waals surface area (Å²) in [5, 5.41) is 1.77. The molecule has 49 heavy (non-hydrogen) atoms. The number of rotatable bonds is 4. The molecule has 0 N–H and O–H groups in total. The van der Waals surface area contributed by atoms with E-state index < -0.39 is 42.3 Å². The maximum Gasteiger partial charge on any atom is 0.143 e. The summed E-state index contributed by atoms with van der Waals surface area (Å²) >= 11 is 0. The lowest BCUT2D eigenvalue weighted by molar-refractivity contribution is 0.673. The van der Waals surface area contributed by atoms with E-state index in [1.165, 1.54) is 0 Å². The number of benzene rings is 9. The average molecular weight is 635 g/mol. The van der Waals surface area contributed by atoms with Crippen molar-refractivity contribution in [2.24, 2.45) is 0 Å². The molecule has 1 heteroatoms. The molecule has 0 aliphatic rings. The molecule has 1 nitrogen and oxygen atoms in total. The van der Waals surface area contributed by atoms with Crippen LogP contribution in [0.5, 0.6) is 0 Å². The van der Waals surface area contributed by atoms with Crippen molar-refractivity contribution in [3.05, 3.63) is 182 Å². The lowest BCUT2D eigenvalue weighted by Gasteiger charge is -2.19. The Bertz CT molecular complexity index is 3420. The van der Waals surface area contributed by atoms with Gasteiger partial charge in [-0.3, -0.25) is 0 Å². The predicted molar refractivity (Wildman–Crippen MR) is 208 cm³/mol. The standard InChI is InChI=1S/C48H30O/c1-3-13-31(14-4-1)35-27-36(32-15-5-2-6-16-32)29-37(28-35)47-42-21-11-9-19-40(42)46(41-20-10-12-22-43(41)47)34-24-25-39-44-26-23-33-17-7-8-18-38(33)48(44)49-45(39)30-34/h1-30H/i7D,8D,17D,18D,23D,24D,25D,26D,27D,28D,29D,30D. The predicted octanol–water partition coefficient (Wildman–Crippen LogP) is 13.7. The van der Waals surface area contributed by atoms with Gasteiger partial charge in [0, 0.05) is 16.2 Å². The molecule has 0 saturated heterocycles. The fourth-order valence-corrected chi connectivity index (χ4v) is 6.79. The van der Waals surface area contributed by atoms with E-state index in [1.54, 1.807) is 12.1 Å². The van der Waals surface area contributed by atoms with Crippen LogP contribution in [0, 0.1) is 0 Å². The first-order valence-electron chi connectivity index (χ1n) is 21.9. The Kier molecular flexibility index (Phi) is 4.11. The molecule has 0 amide bonds. The van der Waals surface area contributed by atoms with Crippen molar-refractivity contribution in [1.82, 2.24) is 0 Å². The molecular weight excluding hydrogens is 593 g/mol. The molecule has 10 rings (SSSR count). The Morgan fingerprint density at radius 2 is 0.857 bits per heavy atom. The Balaban J connectivity index is 1.36. The smallest absolute Gasteiger partial charge is 0.143 e. The number of hydrogen-bond acceptors (Lipinski definition) is 1. The highest BCUT2D eigenvalue weighted by atomic mass is 16.3. The zero-order valence-corrected chi connectivity index (χ0v) is 25.8. The van der Waals surface area contributed by atoms with E-state index in [1.807, 2.05) is 97.1 Å². The zero-order valence-electron chi connectivity index (χ0n) is 37.8. The normalized spacial score (nSPS) is 15.1. The second kappa shape index (κ2) is 11.1. The molecule has 0 unspecified atom stereocenters. The van der Waals surface area contributed by atoms with Gasteiger partial charge in [-0.15, -0.1) is 0 Å². The molecule has 0 fully saturated rings. The molecular formula is C48H30O. The summed E-state index contributed by atoms with van der Waals surface area (Å²) in [6.45, 7) is 0. The summed E-state index contributed by atoms with van der Waals surface area (Å²) in [7, 11) is 0. The van der Waals surface area contributed by atoms with Crippen LogP contribution in [0.25, 0.3) is 98.8 Å². The molecule has 1 heterocycles. The van der Waals surface area contributed by atoms with Crippen molar-refractivity contribution < 1.29 is 20.9 Å². The van der Waals surface area contributed by atoms with E-state index in [-0.39, 0.29) is 68.5 Å². The monoisotopic (exact) mass is 634 g/mol. The van der Waals surface area contributed by atoms with E-state index in [4.69, 9.17) is 12.6 Å². The van der Waals surface area contributed by atoms with Gasteiger partial charge in [0.05, 0.1) is 16.4 Å². The highest BCUT2D eigenvalue weighted by Gasteiger charge is 2.19. The average Bonchev–Trinajstić information content (AvgIpc) is 3.68. The minimum Gasteiger partial charge on any atom is -0.455 e. The van der Waals surface area contributed by atoms with Gasteiger partial charge < -0.3 is 4.42 Å². The molecule has 9 aromatic carbocycles. The minimum absolute atomic E-state index is 0.00593. The van der Waals surface area contributed by atoms with Crippen molar-refractivity contribution in [3.63, 3.8) is 0 Å². The fourth-order valence-electron chi connectivity index (χ4n) is 6.79. The van der Waals surface area contributed by atoms with Crippen LogP contribution in [0.4, 0.5) is 0 Å². The van der Waals surface area contributed by atoms with Crippen LogP contribution in [0.2, 0.25) is 0 Å². The Hall–Kier alpha value is -6.44. The molecule has 10 aromatic rings. The highest BCUT2D eigenvalue weighted by molar-refractivity contribution is 6.22. The lowest BCUT2D eigenvalue weighted by Crippen LogP contribution is -1.92. The third-order valence-corrected chi connectivity index (χ3v) is 8.99. The van der Waals surface area contributed by atoms with Crippen LogP contribution >= 0.6 is 0 Å². The topological polar surface area (TPSA) is 13.1 Å². The van der Waals surface area contributed by atoms with E-state index in [0.29, 0.717) is 60.5 Å². The van der Waals surface area contributed by atoms with Crippen molar-refractivity contribution >= 4 is 54.3 Å². The quantitative estimate of drug-likeness (QED) is 0.176. The molecule has 0 aliphatic heterocycles. The summed E-state index contributed by atoms with van der Waals surface area (Å²) < 4.78 is 116. The number of hydrogen-bond donors (Lipinski definition) is 0. The van der Waals surface area contributed by atoms with E-state index in [9.17, 15) is 8.22 Å². The van der Waals surface area contributed by atoms with Gasteiger partial charge >= 0.3 is 0 Å². The SMILES string of the molecule is [2H]c1c(-c2ccccc2)c([2H])c(-c2c3ccccc3c(-c3c([2H])c([2H])c4c(oc5c6c([2H])c([2H])c([2H])c([2H])c6c([2H])c([2H])c54)c3[2H])c3ccccc23)c([2H])c1-c1ccccc1. The van der Waals surface area contributed by atoms with E-state index in [2.05, 4.69) is 0 Å². The van der Waals surface area contributed by atoms with Crippen LogP contribution < -0.4 is 0 Å². The lowest BCUT2D eigenvalue weighted by atomic mass is 9.84. The zero-order chi connectivity index (χ0) is 42.8. The van der Waals surface area contributed by atoms with Gasteiger partial charge in [-0.1, -0.05) is 145 Å². The number of fused-ring (bicyclic) bond motifs is 7. The maximum absolute atomic E-state index is 9.80. The summed E-state index contributed by atoms with van der Waals surface area (Å²) in [6, 6.07) is 29.0. The minimum atomic E-state index is -0.570. The largest absolute Gasteiger partial charge is 0.455 e. The highest BCUT2D eigenvalue weighted by Crippen LogP contribution is 2.46. The van der Waals surface area contributed by atoms with Crippen LogP contribution in [-0.2, 0) is 0 Å². The summed E-state index contributed by atoms with van der Waals surface area (Å²) in [6.07, 6.45) is 0. The molecule has 0 bridgehead atoms. The number of furan rings is 1. The van der Waals surface area contributed by atoms with Crippen molar-refractivity contribution in [1.29, 1.82) is 0 Å². The second-order valence-corrected chi connectivity index (χ2v) is 11.8. The van der Waals surface area contributed by atoms with Gasteiger partial charge in [-0.25, -0.2) is 0 Å². The van der Waals surface area contributed by atoms with Gasteiger partial charge in [0.2, 0.25) is 0 Å². The molecule has 0 radical (unpaired) electrons. The molecule has 0 atom stereocenters. The van der Waals surface area contributed by atoms with Gasteiger partial charge in [0.15, 0.2) is 0 Å². The van der Waals surface area contributed by atoms with E-state index >= 15 is 0 Å². The van der Waals surface area contributed by atoms with Crippen LogP contribution in [0.15, 0.2) is 186 Å². The van der Waals surface area contributed by atoms with Crippen molar-refractivity contribution in [3.8, 4) is 44.5 Å². The Morgan fingerprint density at radius 1 is 0.347 bits per heavy atom. The Morgan fingerprint density at radius 3 is 1.47 bits per heavy atom. The summed E-state index contributed by atoms with van der Waals surface area (Å²) in [5.41, 5.74) is 2.98. The first kappa shape index (κ1) is 18.2. The fraction of sp³-hybridized carbons (Fsp3) is 0. The molecule has 228 valence electrons. The van der Waals surface area contributed by atoms with Crippen LogP contribution in [0.1, 0.15) is 16.4 Å². The first-order chi connectivity index (χ1) is 29.3. The van der Waals surface area contributed by atoms with Gasteiger partial charge in [-0.2, -0.15) is 0 Å². The van der Waals surface area contributed by atoms with Crippen molar-refractivity contribution in [2.75, 3.05) is 0 Å². The molecule has 0 saturated carbocycles. The van der Waals surface area contributed by atoms with Gasteiger partial charge in [-0.05, 0) is 108 Å². The second-order valence-electron chi connectivity index (χ2n) is 11.8. The molecule has 0 spiro atoms. The maximum atomic E-state index is 9.80. The first-order valence-corrected chi connectivity index (χ1v) is 15.9. The Labute approximate surface area is 301 Å². The van der Waals surface area contributed by atoms with Crippen LogP contribution in [-0.4, -0.2) is 0 Å². The van der Waals surface area contributed by atoms with Gasteiger partial charge in [0.25, 0.3) is 0 Å². The van der Waals surface area contributed by atoms with Crippen LogP contribution in [0.3, 0.4) is 0 Å². The molecule has 0 aliphatic carbocycles. The van der Waals surface area contributed by atoms with Crippen molar-refractivity contribution in [2.45, 2.75) is 0 Å². The third kappa shape index (κ3) is 4.47. The third-order valence-electron chi connectivity index (χ3n) is 8.99. The summed E-state index contributed by atoms with van der Waals surface area (Å²) in [4.78, 5) is 0. The molecule has 1 aromatic heterocycles. The van der Waals surface area contributed by atoms with Gasteiger partial charge in [0.1, 0.15) is 11.2 Å². The summed E-state index contributed by atoms with van der Waals surface area (Å²) in [5.74, 6) is 0. The van der Waals surface area contributed by atoms with E-state index in [0.717, 1.165) is 0 Å².